The van der Waals surface area contributed by atoms with Crippen LogP contribution < -0.4 is 11.3 Å². The first-order chi connectivity index (χ1) is 7.19. The second kappa shape index (κ2) is 5.11. The highest BCUT2D eigenvalue weighted by Crippen LogP contribution is 2.16. The van der Waals surface area contributed by atoms with Gasteiger partial charge in [-0.05, 0) is 24.1 Å². The van der Waals surface area contributed by atoms with Gasteiger partial charge in [-0.3, -0.25) is 16.0 Å². The van der Waals surface area contributed by atoms with Gasteiger partial charge < -0.3 is 5.43 Å². The lowest BCUT2D eigenvalue weighted by atomic mass is 10.1. The summed E-state index contributed by atoms with van der Waals surface area (Å²) in [5, 5.41) is 10.4. The summed E-state index contributed by atoms with van der Waals surface area (Å²) in [7, 11) is 0. The Bertz CT molecular complexity index is 371. The molecule has 0 aliphatic carbocycles. The van der Waals surface area contributed by atoms with E-state index in [4.69, 9.17) is 5.84 Å². The molecule has 0 aliphatic heterocycles. The van der Waals surface area contributed by atoms with E-state index in [0.717, 1.165) is 17.7 Å². The summed E-state index contributed by atoms with van der Waals surface area (Å²) in [6.07, 6.45) is 2.76. The summed E-state index contributed by atoms with van der Waals surface area (Å²) in [6.45, 7) is 1.99. The quantitative estimate of drug-likeness (QED) is 0.448. The number of nitrogens with zero attached hydrogens (tertiary/aromatic N) is 1. The number of hydrogen-bond donors (Lipinski definition) is 2. The Morgan fingerprint density at radius 3 is 2.53 bits per heavy atom. The van der Waals surface area contributed by atoms with Crippen LogP contribution in [0.4, 0.5) is 5.69 Å². The fourth-order valence-electron chi connectivity index (χ4n) is 1.23. The van der Waals surface area contributed by atoms with Crippen LogP contribution in [0.15, 0.2) is 30.3 Å². The minimum Gasteiger partial charge on any atom is -0.324 e. The highest BCUT2D eigenvalue weighted by atomic mass is 16.6. The van der Waals surface area contributed by atoms with E-state index < -0.39 is 4.92 Å². The minimum absolute atomic E-state index is 0.0756. The largest absolute Gasteiger partial charge is 0.324 e. The van der Waals surface area contributed by atoms with Gasteiger partial charge >= 0.3 is 0 Å². The number of nitrogens with one attached hydrogen (secondary N) is 1. The zero-order valence-corrected chi connectivity index (χ0v) is 8.43. The lowest BCUT2D eigenvalue weighted by Crippen LogP contribution is -2.19. The van der Waals surface area contributed by atoms with Crippen molar-refractivity contribution >= 4 is 11.4 Å². The third kappa shape index (κ3) is 2.78. The molecule has 0 aliphatic rings. The molecule has 1 aromatic carbocycles. The normalized spacial score (nSPS) is 11.2. The fourth-order valence-corrected chi connectivity index (χ4v) is 1.23. The van der Waals surface area contributed by atoms with Gasteiger partial charge in [-0.25, -0.2) is 0 Å². The summed E-state index contributed by atoms with van der Waals surface area (Å²) in [6, 6.07) is 6.24. The Kier molecular flexibility index (Phi) is 3.82. The first-order valence-corrected chi connectivity index (χ1v) is 4.60. The number of rotatable bonds is 4. The Hall–Kier alpha value is -1.88. The van der Waals surface area contributed by atoms with Crippen LogP contribution in [-0.4, -0.2) is 4.92 Å². The van der Waals surface area contributed by atoms with E-state index >= 15 is 0 Å². The van der Waals surface area contributed by atoms with Gasteiger partial charge in [0.1, 0.15) is 0 Å². The molecule has 0 atom stereocenters. The smallest absolute Gasteiger partial charge is 0.269 e. The van der Waals surface area contributed by atoms with Gasteiger partial charge in [-0.2, -0.15) is 0 Å². The van der Waals surface area contributed by atoms with Crippen molar-refractivity contribution in [3.63, 3.8) is 0 Å². The van der Waals surface area contributed by atoms with Crippen LogP contribution in [0.5, 0.6) is 0 Å². The van der Waals surface area contributed by atoms with E-state index in [9.17, 15) is 10.1 Å². The van der Waals surface area contributed by atoms with Crippen LogP contribution in [0, 0.1) is 10.1 Å². The van der Waals surface area contributed by atoms with Gasteiger partial charge in [-0.1, -0.05) is 13.0 Å². The predicted molar refractivity (Wildman–Crippen MR) is 58.7 cm³/mol. The molecule has 0 aromatic heterocycles. The van der Waals surface area contributed by atoms with E-state index in [0.29, 0.717) is 0 Å². The van der Waals surface area contributed by atoms with Gasteiger partial charge in [0.2, 0.25) is 0 Å². The fraction of sp³-hybridized carbons (Fsp3) is 0.200. The molecule has 0 saturated heterocycles. The van der Waals surface area contributed by atoms with E-state index in [1.165, 1.54) is 12.1 Å². The second-order valence-electron chi connectivity index (χ2n) is 2.97. The molecule has 0 fully saturated rings. The van der Waals surface area contributed by atoms with Crippen molar-refractivity contribution in [1.29, 1.82) is 0 Å². The zero-order chi connectivity index (χ0) is 11.3. The number of hydrogen-bond acceptors (Lipinski definition) is 4. The molecule has 5 heteroatoms. The second-order valence-corrected chi connectivity index (χ2v) is 2.97. The monoisotopic (exact) mass is 207 g/mol. The molecule has 0 radical (unpaired) electrons. The summed E-state index contributed by atoms with van der Waals surface area (Å²) in [5.41, 5.74) is 4.24. The number of benzene rings is 1. The molecule has 3 N–H and O–H groups in total. The summed E-state index contributed by atoms with van der Waals surface area (Å²) >= 11 is 0. The molecule has 1 aromatic rings. The molecule has 0 heterocycles. The summed E-state index contributed by atoms with van der Waals surface area (Å²) < 4.78 is 0. The number of nitro groups is 1. The van der Waals surface area contributed by atoms with Crippen molar-refractivity contribution in [3.8, 4) is 0 Å². The molecular formula is C10H13N3O2. The molecule has 0 amide bonds. The molecule has 0 bridgehead atoms. The van der Waals surface area contributed by atoms with Crippen LogP contribution in [0.25, 0.3) is 5.70 Å². The van der Waals surface area contributed by atoms with E-state index in [2.05, 4.69) is 5.43 Å². The SMILES string of the molecule is CC/C=C(/NN)c1ccc([N+](=O)[O-])cc1. The molecule has 1 rings (SSSR count). The van der Waals surface area contributed by atoms with Crippen LogP contribution >= 0.6 is 0 Å². The number of allylic oxidation sites excluding steroid dienone is 1. The molecule has 0 saturated carbocycles. The van der Waals surface area contributed by atoms with E-state index in [1.807, 2.05) is 13.0 Å². The van der Waals surface area contributed by atoms with E-state index in [1.54, 1.807) is 12.1 Å². The van der Waals surface area contributed by atoms with Crippen molar-refractivity contribution in [1.82, 2.24) is 5.43 Å². The van der Waals surface area contributed by atoms with Crippen LogP contribution in [0.3, 0.4) is 0 Å². The maximum Gasteiger partial charge on any atom is 0.269 e. The minimum atomic E-state index is -0.428. The molecule has 5 nitrogen and oxygen atoms in total. The van der Waals surface area contributed by atoms with E-state index in [-0.39, 0.29) is 5.69 Å². The number of nitrogens with two attached hydrogens (primary N) is 1. The van der Waals surface area contributed by atoms with Crippen LogP contribution in [-0.2, 0) is 0 Å². The highest BCUT2D eigenvalue weighted by molar-refractivity contribution is 5.64. The molecule has 15 heavy (non-hydrogen) atoms. The number of hydrazine groups is 1. The first-order valence-electron chi connectivity index (χ1n) is 4.60. The third-order valence-electron chi connectivity index (χ3n) is 1.95. The van der Waals surface area contributed by atoms with Crippen LogP contribution in [0.2, 0.25) is 0 Å². The van der Waals surface area contributed by atoms with Crippen molar-refractivity contribution < 1.29 is 4.92 Å². The van der Waals surface area contributed by atoms with Gasteiger partial charge in [-0.15, -0.1) is 0 Å². The lowest BCUT2D eigenvalue weighted by Gasteiger charge is -2.05. The average Bonchev–Trinajstić information content (AvgIpc) is 2.26. The number of non-ortho nitro benzene ring substituents is 1. The Labute approximate surface area is 87.7 Å². The van der Waals surface area contributed by atoms with Gasteiger partial charge in [0, 0.05) is 12.1 Å². The third-order valence-corrected chi connectivity index (χ3v) is 1.95. The van der Waals surface area contributed by atoms with Crippen LogP contribution in [0.1, 0.15) is 18.9 Å². The van der Waals surface area contributed by atoms with Crippen molar-refractivity contribution in [2.24, 2.45) is 5.84 Å². The Morgan fingerprint density at radius 2 is 2.13 bits per heavy atom. The maximum absolute atomic E-state index is 10.4. The summed E-state index contributed by atoms with van der Waals surface area (Å²) in [5.74, 6) is 5.34. The Balaban J connectivity index is 2.97. The predicted octanol–water partition coefficient (Wildman–Crippen LogP) is 1.81. The highest BCUT2D eigenvalue weighted by Gasteiger charge is 2.05. The molecular weight excluding hydrogens is 194 g/mol. The Morgan fingerprint density at radius 1 is 1.53 bits per heavy atom. The van der Waals surface area contributed by atoms with Crippen molar-refractivity contribution in [3.05, 3.63) is 46.0 Å². The van der Waals surface area contributed by atoms with Crippen molar-refractivity contribution in [2.75, 3.05) is 0 Å². The standard InChI is InChI=1S/C10H13N3O2/c1-2-3-10(12-11)8-4-6-9(7-5-8)13(14)15/h3-7,12H,2,11H2,1H3/b10-3+. The van der Waals surface area contributed by atoms with Crippen molar-refractivity contribution in [2.45, 2.75) is 13.3 Å². The molecule has 0 unspecified atom stereocenters. The number of nitro benzene ring substituents is 1. The van der Waals surface area contributed by atoms with Gasteiger partial charge in [0.15, 0.2) is 0 Å². The maximum atomic E-state index is 10.4. The lowest BCUT2D eigenvalue weighted by molar-refractivity contribution is -0.384. The first kappa shape index (κ1) is 11.2. The average molecular weight is 207 g/mol. The van der Waals surface area contributed by atoms with Gasteiger partial charge in [0.05, 0.1) is 10.6 Å². The molecule has 0 spiro atoms. The zero-order valence-electron chi connectivity index (χ0n) is 8.43. The topological polar surface area (TPSA) is 81.2 Å². The van der Waals surface area contributed by atoms with Gasteiger partial charge in [0.25, 0.3) is 5.69 Å². The molecule has 80 valence electrons. The summed E-state index contributed by atoms with van der Waals surface area (Å²) in [4.78, 5) is 10.0.